The lowest BCUT2D eigenvalue weighted by atomic mass is 9.97. The van der Waals surface area contributed by atoms with Crippen molar-refractivity contribution in [3.05, 3.63) is 99.9 Å². The maximum Gasteiger partial charge on any atom is 0.175 e. The monoisotopic (exact) mass is 420 g/mol. The van der Waals surface area contributed by atoms with Crippen LogP contribution in [0.15, 0.2) is 78.5 Å². The highest BCUT2D eigenvalue weighted by molar-refractivity contribution is 7.80. The topological polar surface area (TPSA) is 77.3 Å². The average Bonchev–Trinajstić information content (AvgIpc) is 2.75. The maximum atomic E-state index is 10.5. The lowest BCUT2D eigenvalue weighted by molar-refractivity contribution is 1.44. The number of nitrogens with zero attached hydrogens (tertiary/aromatic N) is 1. The summed E-state index contributed by atoms with van der Waals surface area (Å²) in [5, 5.41) is 18.4. The maximum absolute atomic E-state index is 10.5. The normalized spacial score (nSPS) is 10.1. The molecule has 0 aliphatic rings. The largest absolute Gasteiger partial charge is 0.332 e. The molecule has 7 heteroatoms. The van der Waals surface area contributed by atoms with E-state index in [-0.39, 0.29) is 0 Å². The lowest BCUT2D eigenvalue weighted by Gasteiger charge is -2.14. The molecular formula is C22H17ClN4OS. The summed E-state index contributed by atoms with van der Waals surface area (Å²) < 4.78 is 0. The number of nitrogens with one attached hydrogen (secondary N) is 3. The molecule has 0 spiro atoms. The van der Waals surface area contributed by atoms with Crippen LogP contribution in [0.25, 0.3) is 6.08 Å². The Morgan fingerprint density at radius 1 is 1.00 bits per heavy atom. The second-order valence-corrected chi connectivity index (χ2v) is 6.89. The Balaban J connectivity index is 1.79. The summed E-state index contributed by atoms with van der Waals surface area (Å²) >= 11 is 11.7. The smallest absolute Gasteiger partial charge is 0.175 e. The number of hydrogen-bond donors (Lipinski definition) is 3. The van der Waals surface area contributed by atoms with E-state index < -0.39 is 0 Å². The van der Waals surface area contributed by atoms with Gasteiger partial charge in [0, 0.05) is 22.5 Å². The van der Waals surface area contributed by atoms with Gasteiger partial charge in [0.25, 0.3) is 0 Å². The molecule has 0 aliphatic heterocycles. The number of halogens is 1. The molecule has 0 aromatic heterocycles. The predicted molar refractivity (Wildman–Crippen MR) is 126 cm³/mol. The van der Waals surface area contributed by atoms with E-state index in [2.05, 4.69) is 22.4 Å². The third-order valence-corrected chi connectivity index (χ3v) is 4.71. The van der Waals surface area contributed by atoms with E-state index in [1.165, 1.54) is 0 Å². The lowest BCUT2D eigenvalue weighted by Crippen LogP contribution is -2.19. The van der Waals surface area contributed by atoms with Gasteiger partial charge in [-0.2, -0.15) is 0 Å². The third kappa shape index (κ3) is 4.93. The van der Waals surface area contributed by atoms with E-state index in [4.69, 9.17) is 29.2 Å². The molecule has 0 aliphatic carbocycles. The number of hydrogen-bond acceptors (Lipinski definition) is 4. The summed E-state index contributed by atoms with van der Waals surface area (Å²) in [4.78, 5) is 10.5. The SMILES string of the molecule is C=Cc1ccccc1C(=N)c1cc(NC(=S)Nc2ccc(N=O)cc2)ccc1Cl. The molecule has 0 saturated heterocycles. The van der Waals surface area contributed by atoms with Crippen LogP contribution in [0.5, 0.6) is 0 Å². The molecule has 3 aromatic carbocycles. The molecule has 0 unspecified atom stereocenters. The second-order valence-electron chi connectivity index (χ2n) is 6.08. The fraction of sp³-hybridized carbons (Fsp3) is 0. The minimum absolute atomic E-state index is 0.296. The summed E-state index contributed by atoms with van der Waals surface area (Å²) in [6.07, 6.45) is 1.71. The van der Waals surface area contributed by atoms with Crippen molar-refractivity contribution in [3.8, 4) is 0 Å². The molecule has 0 bridgehead atoms. The van der Waals surface area contributed by atoms with E-state index in [1.807, 2.05) is 24.3 Å². The van der Waals surface area contributed by atoms with Gasteiger partial charge in [0.1, 0.15) is 5.69 Å². The molecule has 0 fully saturated rings. The Morgan fingerprint density at radius 2 is 1.66 bits per heavy atom. The predicted octanol–water partition coefficient (Wildman–Crippen LogP) is 6.61. The molecule has 0 saturated carbocycles. The van der Waals surface area contributed by atoms with Crippen molar-refractivity contribution in [2.75, 3.05) is 10.6 Å². The highest BCUT2D eigenvalue weighted by Crippen LogP contribution is 2.25. The summed E-state index contributed by atoms with van der Waals surface area (Å²) in [6.45, 7) is 3.81. The van der Waals surface area contributed by atoms with Gasteiger partial charge in [-0.1, -0.05) is 48.5 Å². The van der Waals surface area contributed by atoms with Crippen LogP contribution in [-0.2, 0) is 0 Å². The summed E-state index contributed by atoms with van der Waals surface area (Å²) in [6, 6.07) is 19.4. The van der Waals surface area contributed by atoms with Crippen LogP contribution in [0.2, 0.25) is 5.02 Å². The molecule has 3 N–H and O–H groups in total. The number of thiocarbonyl (C=S) groups is 1. The summed E-state index contributed by atoms with van der Waals surface area (Å²) in [7, 11) is 0. The van der Waals surface area contributed by atoms with Crippen molar-refractivity contribution in [1.82, 2.24) is 0 Å². The van der Waals surface area contributed by atoms with Gasteiger partial charge in [-0.15, -0.1) is 4.91 Å². The Bertz CT molecular complexity index is 1100. The molecule has 0 heterocycles. The molecule has 0 amide bonds. The number of benzene rings is 3. The van der Waals surface area contributed by atoms with E-state index >= 15 is 0 Å². The molecular weight excluding hydrogens is 404 g/mol. The first-order valence-corrected chi connectivity index (χ1v) is 9.42. The van der Waals surface area contributed by atoms with Crippen LogP contribution in [0, 0.1) is 10.3 Å². The van der Waals surface area contributed by atoms with Crippen LogP contribution in [0.4, 0.5) is 17.1 Å². The molecule has 3 rings (SSSR count). The quantitative estimate of drug-likeness (QED) is 0.238. The van der Waals surface area contributed by atoms with Gasteiger partial charge >= 0.3 is 0 Å². The van der Waals surface area contributed by atoms with E-state index in [0.29, 0.717) is 32.8 Å². The van der Waals surface area contributed by atoms with Gasteiger partial charge in [-0.25, -0.2) is 0 Å². The Kier molecular flexibility index (Phi) is 6.49. The van der Waals surface area contributed by atoms with Crippen molar-refractivity contribution < 1.29 is 0 Å². The van der Waals surface area contributed by atoms with Crippen molar-refractivity contribution in [2.45, 2.75) is 0 Å². The third-order valence-electron chi connectivity index (χ3n) is 4.17. The standard InChI is InChI=1S/C22H17ClN4OS/c1-2-14-5-3-4-6-18(14)21(24)19-13-17(11-12-20(19)23)26-22(29)25-15-7-9-16(27-28)10-8-15/h2-13,24H,1H2,(H2,25,26,29). The zero-order chi connectivity index (χ0) is 20.8. The van der Waals surface area contributed by atoms with Crippen molar-refractivity contribution >= 4 is 57.8 Å². The molecule has 29 heavy (non-hydrogen) atoms. The fourth-order valence-electron chi connectivity index (χ4n) is 2.74. The van der Waals surface area contributed by atoms with E-state index in [1.54, 1.807) is 48.5 Å². The first-order chi connectivity index (χ1) is 14.0. The summed E-state index contributed by atoms with van der Waals surface area (Å²) in [5.74, 6) is 0. The molecule has 3 aromatic rings. The zero-order valence-corrected chi connectivity index (χ0v) is 16.8. The first kappa shape index (κ1) is 20.4. The van der Waals surface area contributed by atoms with Gasteiger partial charge in [-0.05, 0) is 65.4 Å². The second kappa shape index (κ2) is 9.23. The van der Waals surface area contributed by atoms with Gasteiger partial charge in [0.05, 0.1) is 10.7 Å². The van der Waals surface area contributed by atoms with Gasteiger partial charge in [0.15, 0.2) is 5.11 Å². The Morgan fingerprint density at radius 3 is 2.34 bits per heavy atom. The Hall–Kier alpha value is -3.35. The van der Waals surface area contributed by atoms with Crippen LogP contribution in [-0.4, -0.2) is 10.8 Å². The highest BCUT2D eigenvalue weighted by atomic mass is 35.5. The molecule has 0 atom stereocenters. The molecule has 144 valence electrons. The van der Waals surface area contributed by atoms with Crippen LogP contribution in [0.1, 0.15) is 16.7 Å². The zero-order valence-electron chi connectivity index (χ0n) is 15.3. The van der Waals surface area contributed by atoms with Gasteiger partial charge in [-0.3, -0.25) is 5.41 Å². The van der Waals surface area contributed by atoms with Gasteiger partial charge < -0.3 is 10.6 Å². The number of anilines is 2. The van der Waals surface area contributed by atoms with Crippen molar-refractivity contribution in [1.29, 1.82) is 5.41 Å². The van der Waals surface area contributed by atoms with Crippen molar-refractivity contribution in [3.63, 3.8) is 0 Å². The van der Waals surface area contributed by atoms with Crippen LogP contribution < -0.4 is 10.6 Å². The number of nitroso groups, excluding NO2 is 1. The van der Waals surface area contributed by atoms with Gasteiger partial charge in [0.2, 0.25) is 0 Å². The average molecular weight is 421 g/mol. The van der Waals surface area contributed by atoms with E-state index in [9.17, 15) is 4.91 Å². The summed E-state index contributed by atoms with van der Waals surface area (Å²) in [5.41, 5.74) is 4.23. The molecule has 5 nitrogen and oxygen atoms in total. The van der Waals surface area contributed by atoms with E-state index in [0.717, 1.165) is 16.8 Å². The fourth-order valence-corrected chi connectivity index (χ4v) is 3.19. The minimum Gasteiger partial charge on any atom is -0.332 e. The highest BCUT2D eigenvalue weighted by Gasteiger charge is 2.13. The van der Waals surface area contributed by atoms with Crippen LogP contribution in [0.3, 0.4) is 0 Å². The van der Waals surface area contributed by atoms with Crippen LogP contribution >= 0.6 is 23.8 Å². The minimum atomic E-state index is 0.296. The number of rotatable bonds is 6. The Labute approximate surface area is 178 Å². The van der Waals surface area contributed by atoms with Crippen molar-refractivity contribution in [2.24, 2.45) is 5.18 Å². The first-order valence-electron chi connectivity index (χ1n) is 8.63. The molecule has 0 radical (unpaired) electrons.